The molecule has 2 rings (SSSR count). The normalized spacial score (nSPS) is 11.4. The van der Waals surface area contributed by atoms with Crippen molar-refractivity contribution in [2.75, 3.05) is 4.72 Å². The van der Waals surface area contributed by atoms with Crippen LogP contribution in [0.15, 0.2) is 35.2 Å². The first-order valence-corrected chi connectivity index (χ1v) is 7.16. The van der Waals surface area contributed by atoms with Crippen molar-refractivity contribution in [3.63, 3.8) is 0 Å². The van der Waals surface area contributed by atoms with Crippen molar-refractivity contribution in [2.24, 2.45) is 0 Å². The molecule has 0 amide bonds. The monoisotopic (exact) mass is 317 g/mol. The van der Waals surface area contributed by atoms with Crippen LogP contribution in [0.5, 0.6) is 5.75 Å². The number of hydrogen-bond donors (Lipinski definition) is 2. The van der Waals surface area contributed by atoms with Gasteiger partial charge in [0.05, 0.1) is 5.69 Å². The Morgan fingerprint density at radius 1 is 1.05 bits per heavy atom. The number of aryl methyl sites for hydroxylation is 1. The van der Waals surface area contributed by atoms with Gasteiger partial charge in [-0.3, -0.25) is 4.72 Å². The number of nitrogens with one attached hydrogen (secondary N) is 1. The number of phenolic OH excluding ortho intramolecular Hbond substituents is 1. The number of phenols is 1. The number of anilines is 1. The van der Waals surface area contributed by atoms with Crippen molar-refractivity contribution in [1.82, 2.24) is 0 Å². The van der Waals surface area contributed by atoms with Crippen LogP contribution in [-0.2, 0) is 10.0 Å². The van der Waals surface area contributed by atoms with Gasteiger partial charge in [0.15, 0.2) is 4.90 Å². The Morgan fingerprint density at radius 3 is 2.14 bits per heavy atom. The highest BCUT2D eigenvalue weighted by Crippen LogP contribution is 2.26. The third kappa shape index (κ3) is 3.10. The molecule has 0 fully saturated rings. The maximum atomic E-state index is 13.5. The van der Waals surface area contributed by atoms with Crippen molar-refractivity contribution in [1.29, 1.82) is 0 Å². The maximum absolute atomic E-state index is 13.5. The highest BCUT2D eigenvalue weighted by Gasteiger charge is 2.25. The summed E-state index contributed by atoms with van der Waals surface area (Å²) in [4.78, 5) is -1.27. The van der Waals surface area contributed by atoms with Gasteiger partial charge in [-0.15, -0.1) is 0 Å². The molecule has 0 spiro atoms. The molecule has 2 aromatic rings. The molecule has 4 nitrogen and oxygen atoms in total. The molecule has 21 heavy (non-hydrogen) atoms. The fourth-order valence-electron chi connectivity index (χ4n) is 1.74. The number of rotatable bonds is 3. The van der Waals surface area contributed by atoms with E-state index in [2.05, 4.69) is 0 Å². The fraction of sp³-hybridized carbons (Fsp3) is 0.0769. The molecule has 112 valence electrons. The molecule has 0 saturated heterocycles. The Balaban J connectivity index is 2.48. The number of hydrogen-bond acceptors (Lipinski definition) is 3. The predicted octanol–water partition coefficient (Wildman–Crippen LogP) is 2.92. The van der Waals surface area contributed by atoms with Crippen LogP contribution >= 0.6 is 0 Å². The molecule has 0 bridgehead atoms. The highest BCUT2D eigenvalue weighted by molar-refractivity contribution is 7.92. The van der Waals surface area contributed by atoms with Gasteiger partial charge in [-0.05, 0) is 30.7 Å². The van der Waals surface area contributed by atoms with Crippen LogP contribution in [0.3, 0.4) is 0 Å². The molecule has 2 N–H and O–H groups in total. The lowest BCUT2D eigenvalue weighted by molar-refractivity contribution is 0.475. The molecule has 0 aliphatic heterocycles. The molecule has 2 aromatic carbocycles. The maximum Gasteiger partial charge on any atom is 0.267 e. The van der Waals surface area contributed by atoms with Gasteiger partial charge in [-0.1, -0.05) is 0 Å². The first-order valence-electron chi connectivity index (χ1n) is 5.67. The zero-order chi connectivity index (χ0) is 15.8. The number of aromatic hydroxyl groups is 1. The molecular weight excluding hydrogens is 307 g/mol. The van der Waals surface area contributed by atoms with Crippen LogP contribution in [0.4, 0.5) is 18.9 Å². The van der Waals surface area contributed by atoms with E-state index in [1.165, 1.54) is 25.1 Å². The van der Waals surface area contributed by atoms with Gasteiger partial charge >= 0.3 is 0 Å². The van der Waals surface area contributed by atoms with Crippen LogP contribution in [-0.4, -0.2) is 13.5 Å². The summed E-state index contributed by atoms with van der Waals surface area (Å²) >= 11 is 0. The van der Waals surface area contributed by atoms with E-state index in [0.29, 0.717) is 5.56 Å². The summed E-state index contributed by atoms with van der Waals surface area (Å²) < 4.78 is 65.9. The van der Waals surface area contributed by atoms with E-state index in [1.54, 1.807) is 0 Å². The SMILES string of the molecule is Cc1cc(O)ccc1NS(=O)(=O)c1c(F)cc(F)cc1F. The highest BCUT2D eigenvalue weighted by atomic mass is 32.2. The second-order valence-electron chi connectivity index (χ2n) is 4.30. The molecule has 0 atom stereocenters. The predicted molar refractivity (Wildman–Crippen MR) is 70.0 cm³/mol. The Kier molecular flexibility index (Phi) is 3.82. The van der Waals surface area contributed by atoms with Crippen molar-refractivity contribution < 1.29 is 26.7 Å². The van der Waals surface area contributed by atoms with Crippen molar-refractivity contribution in [3.8, 4) is 5.75 Å². The zero-order valence-corrected chi connectivity index (χ0v) is 11.5. The molecule has 0 heterocycles. The number of halogens is 3. The summed E-state index contributed by atoms with van der Waals surface area (Å²) in [6.07, 6.45) is 0. The van der Waals surface area contributed by atoms with E-state index in [4.69, 9.17) is 0 Å². The second kappa shape index (κ2) is 5.28. The molecular formula is C13H10F3NO3S. The van der Waals surface area contributed by atoms with Gasteiger partial charge < -0.3 is 5.11 Å². The van der Waals surface area contributed by atoms with E-state index < -0.39 is 32.4 Å². The van der Waals surface area contributed by atoms with Gasteiger partial charge in [-0.2, -0.15) is 0 Å². The minimum absolute atomic E-state index is 0.0379. The van der Waals surface area contributed by atoms with E-state index >= 15 is 0 Å². The lowest BCUT2D eigenvalue weighted by Crippen LogP contribution is -2.17. The molecule has 0 radical (unpaired) electrons. The smallest absolute Gasteiger partial charge is 0.267 e. The standard InChI is InChI=1S/C13H10F3NO3S/c1-7-4-9(18)2-3-12(7)17-21(19,20)13-10(15)5-8(14)6-11(13)16/h2-6,17-18H,1H3. The summed E-state index contributed by atoms with van der Waals surface area (Å²) in [6, 6.07) is 4.28. The van der Waals surface area contributed by atoms with Crippen LogP contribution in [0.2, 0.25) is 0 Å². The average molecular weight is 317 g/mol. The first kappa shape index (κ1) is 15.2. The van der Waals surface area contributed by atoms with Crippen LogP contribution in [0.1, 0.15) is 5.56 Å². The fourth-order valence-corrected chi connectivity index (χ4v) is 3.00. The Morgan fingerprint density at radius 2 is 1.62 bits per heavy atom. The van der Waals surface area contributed by atoms with E-state index in [-0.39, 0.29) is 23.6 Å². The molecule has 8 heteroatoms. The summed E-state index contributed by atoms with van der Waals surface area (Å²) in [5.74, 6) is -4.37. The summed E-state index contributed by atoms with van der Waals surface area (Å²) in [5, 5.41) is 9.23. The molecule has 0 unspecified atom stereocenters. The van der Waals surface area contributed by atoms with Gasteiger partial charge in [-0.25, -0.2) is 21.6 Å². The molecule has 0 aromatic heterocycles. The first-order chi connectivity index (χ1) is 9.70. The Labute approximate surface area is 118 Å². The van der Waals surface area contributed by atoms with Crippen molar-refractivity contribution in [3.05, 3.63) is 53.3 Å². The molecule has 0 saturated carbocycles. The van der Waals surface area contributed by atoms with Gasteiger partial charge in [0, 0.05) is 12.1 Å². The van der Waals surface area contributed by atoms with E-state index in [9.17, 15) is 26.7 Å². The minimum atomic E-state index is -4.58. The minimum Gasteiger partial charge on any atom is -0.508 e. The van der Waals surface area contributed by atoms with Gasteiger partial charge in [0.2, 0.25) is 0 Å². The zero-order valence-electron chi connectivity index (χ0n) is 10.7. The Bertz CT molecular complexity index is 783. The van der Waals surface area contributed by atoms with Gasteiger partial charge in [0.25, 0.3) is 10.0 Å². The number of sulfonamides is 1. The third-order valence-electron chi connectivity index (χ3n) is 2.69. The summed E-state index contributed by atoms with van der Waals surface area (Å²) in [6.45, 7) is 1.49. The molecule has 0 aliphatic rings. The Hall–Kier alpha value is -2.22. The quantitative estimate of drug-likeness (QED) is 0.856. The third-order valence-corrected chi connectivity index (χ3v) is 4.10. The van der Waals surface area contributed by atoms with Crippen LogP contribution in [0.25, 0.3) is 0 Å². The topological polar surface area (TPSA) is 66.4 Å². The average Bonchev–Trinajstić information content (AvgIpc) is 2.30. The van der Waals surface area contributed by atoms with Crippen LogP contribution < -0.4 is 4.72 Å². The summed E-state index contributed by atoms with van der Waals surface area (Å²) in [7, 11) is -4.58. The van der Waals surface area contributed by atoms with Crippen molar-refractivity contribution >= 4 is 15.7 Å². The van der Waals surface area contributed by atoms with Crippen molar-refractivity contribution in [2.45, 2.75) is 11.8 Å². The number of benzene rings is 2. The van der Waals surface area contributed by atoms with Crippen LogP contribution in [0, 0.1) is 24.4 Å². The second-order valence-corrected chi connectivity index (χ2v) is 5.92. The van der Waals surface area contributed by atoms with E-state index in [0.717, 1.165) is 0 Å². The lowest BCUT2D eigenvalue weighted by Gasteiger charge is -2.12. The summed E-state index contributed by atoms with van der Waals surface area (Å²) in [5.41, 5.74) is 0.387. The lowest BCUT2D eigenvalue weighted by atomic mass is 10.2. The largest absolute Gasteiger partial charge is 0.508 e. The van der Waals surface area contributed by atoms with Gasteiger partial charge in [0.1, 0.15) is 23.2 Å². The molecule has 0 aliphatic carbocycles. The van der Waals surface area contributed by atoms with E-state index in [1.807, 2.05) is 4.72 Å².